The van der Waals surface area contributed by atoms with Crippen LogP contribution in [-0.2, 0) is 11.8 Å². The summed E-state index contributed by atoms with van der Waals surface area (Å²) in [5.41, 5.74) is 17.9. The Balaban J connectivity index is 0.000000135. The molecule has 8 aromatic rings. The fourth-order valence-electron chi connectivity index (χ4n) is 7.90. The first-order chi connectivity index (χ1) is 25.6. The molecule has 0 radical (unpaired) electrons. The number of fused-ring (bicyclic) bond motifs is 6. The van der Waals surface area contributed by atoms with Crippen molar-refractivity contribution in [2.24, 2.45) is 0 Å². The summed E-state index contributed by atoms with van der Waals surface area (Å²) in [4.78, 5) is 0. The number of thiophene rings is 1. The third-order valence-corrected chi connectivity index (χ3v) is 11.8. The van der Waals surface area contributed by atoms with Gasteiger partial charge in [0.25, 0.3) is 0 Å². The van der Waals surface area contributed by atoms with Gasteiger partial charge in [0.2, 0.25) is 0 Å². The molecule has 1 aliphatic rings. The molecule has 0 atom stereocenters. The van der Waals surface area contributed by atoms with Crippen LogP contribution in [-0.4, -0.2) is 0 Å². The molecule has 1 heteroatoms. The summed E-state index contributed by atoms with van der Waals surface area (Å²) in [6.45, 7) is 15.6. The Kier molecular flexibility index (Phi) is 10.5. The predicted octanol–water partition coefficient (Wildman–Crippen LogP) is 15.3. The van der Waals surface area contributed by atoms with E-state index in [0.717, 1.165) is 0 Å². The lowest BCUT2D eigenvalue weighted by Crippen LogP contribution is -2.15. The van der Waals surface area contributed by atoms with Crippen molar-refractivity contribution in [2.45, 2.75) is 66.7 Å². The topological polar surface area (TPSA) is 0 Å². The molecular formula is C52H50S. The maximum Gasteiger partial charge on any atom is 0.0433 e. The van der Waals surface area contributed by atoms with Crippen LogP contribution in [0.3, 0.4) is 0 Å². The summed E-state index contributed by atoms with van der Waals surface area (Å²) in [5, 5.41) is 2.73. The molecule has 0 amide bonds. The van der Waals surface area contributed by atoms with Crippen LogP contribution in [0.2, 0.25) is 0 Å². The molecule has 1 aliphatic carbocycles. The molecule has 0 unspecified atom stereocenters. The minimum Gasteiger partial charge on any atom is -0.135 e. The first-order valence-electron chi connectivity index (χ1n) is 19.0. The fourth-order valence-corrected chi connectivity index (χ4v) is 9.14. The van der Waals surface area contributed by atoms with Crippen LogP contribution < -0.4 is 0 Å². The quantitative estimate of drug-likeness (QED) is 0.171. The van der Waals surface area contributed by atoms with Crippen LogP contribution >= 0.6 is 11.3 Å². The molecule has 0 bridgehead atoms. The zero-order valence-electron chi connectivity index (χ0n) is 32.3. The van der Waals surface area contributed by atoms with Gasteiger partial charge >= 0.3 is 0 Å². The second-order valence-corrected chi connectivity index (χ2v) is 16.2. The van der Waals surface area contributed by atoms with E-state index in [1.807, 2.05) is 11.3 Å². The summed E-state index contributed by atoms with van der Waals surface area (Å²) in [7, 11) is 0. The summed E-state index contributed by atoms with van der Waals surface area (Å²) in [6.07, 6.45) is 2.45. The summed E-state index contributed by atoms with van der Waals surface area (Å²) in [5.74, 6) is 0. The number of rotatable bonds is 4. The second kappa shape index (κ2) is 15.4. The van der Waals surface area contributed by atoms with Gasteiger partial charge in [-0.25, -0.2) is 0 Å². The average molecular weight is 707 g/mol. The molecule has 0 fully saturated rings. The van der Waals surface area contributed by atoms with Crippen LogP contribution in [0.5, 0.6) is 0 Å². The van der Waals surface area contributed by atoms with Crippen molar-refractivity contribution in [1.29, 1.82) is 0 Å². The molecule has 7 aromatic carbocycles. The van der Waals surface area contributed by atoms with Crippen molar-refractivity contribution >= 4 is 31.5 Å². The first kappa shape index (κ1) is 36.1. The van der Waals surface area contributed by atoms with Crippen molar-refractivity contribution in [2.75, 3.05) is 0 Å². The van der Waals surface area contributed by atoms with Crippen LogP contribution in [0.25, 0.3) is 53.6 Å². The molecule has 1 aromatic heterocycles. The zero-order chi connectivity index (χ0) is 37.1. The highest BCUT2D eigenvalue weighted by Crippen LogP contribution is 2.51. The van der Waals surface area contributed by atoms with E-state index in [2.05, 4.69) is 200 Å². The smallest absolute Gasteiger partial charge is 0.0433 e. The third-order valence-electron chi connectivity index (χ3n) is 10.6. The number of hydrogen-bond donors (Lipinski definition) is 0. The van der Waals surface area contributed by atoms with E-state index < -0.39 is 0 Å². The molecule has 0 saturated carbocycles. The van der Waals surface area contributed by atoms with Crippen LogP contribution in [0.1, 0.15) is 66.1 Å². The Morgan fingerprint density at radius 2 is 1.17 bits per heavy atom. The SMILES string of the molecule is CCCc1ccccc1.Cc1ccc(-c2cccc3c2sc2ccccc23)cc1.Cc1cccc(-c2ccc3c(c2)-c2c(C)cc(C)cc2C3(C)C)c1. The Bertz CT molecular complexity index is 2510. The molecule has 0 nitrogen and oxygen atoms in total. The highest BCUT2D eigenvalue weighted by Gasteiger charge is 2.36. The predicted molar refractivity (Wildman–Crippen MR) is 234 cm³/mol. The Hall–Kier alpha value is -5.24. The monoisotopic (exact) mass is 706 g/mol. The van der Waals surface area contributed by atoms with Gasteiger partial charge in [0, 0.05) is 25.6 Å². The maximum absolute atomic E-state index is 2.39. The van der Waals surface area contributed by atoms with E-state index >= 15 is 0 Å². The number of benzene rings is 7. The molecule has 0 N–H and O–H groups in total. The lowest BCUT2D eigenvalue weighted by atomic mass is 9.81. The molecule has 0 saturated heterocycles. The third kappa shape index (κ3) is 7.50. The van der Waals surface area contributed by atoms with Gasteiger partial charge in [-0.15, -0.1) is 11.3 Å². The molecule has 0 spiro atoms. The minimum atomic E-state index is 0.0760. The van der Waals surface area contributed by atoms with Crippen LogP contribution in [0.15, 0.2) is 152 Å². The highest BCUT2D eigenvalue weighted by molar-refractivity contribution is 7.26. The van der Waals surface area contributed by atoms with E-state index in [1.165, 1.54) is 105 Å². The van der Waals surface area contributed by atoms with E-state index in [-0.39, 0.29) is 5.41 Å². The van der Waals surface area contributed by atoms with Gasteiger partial charge in [-0.2, -0.15) is 0 Å². The fraction of sp³-hybridized carbons (Fsp3) is 0.192. The van der Waals surface area contributed by atoms with Gasteiger partial charge < -0.3 is 0 Å². The zero-order valence-corrected chi connectivity index (χ0v) is 33.1. The van der Waals surface area contributed by atoms with Gasteiger partial charge in [0.1, 0.15) is 0 Å². The summed E-state index contributed by atoms with van der Waals surface area (Å²) in [6, 6.07) is 55.1. The van der Waals surface area contributed by atoms with Gasteiger partial charge in [0.05, 0.1) is 0 Å². The minimum absolute atomic E-state index is 0.0760. The molecule has 53 heavy (non-hydrogen) atoms. The normalized spacial score (nSPS) is 12.4. The van der Waals surface area contributed by atoms with Crippen molar-refractivity contribution in [3.63, 3.8) is 0 Å². The number of aryl methyl sites for hydroxylation is 5. The largest absolute Gasteiger partial charge is 0.135 e. The van der Waals surface area contributed by atoms with E-state index in [9.17, 15) is 0 Å². The average Bonchev–Trinajstić information content (AvgIpc) is 3.65. The first-order valence-corrected chi connectivity index (χ1v) is 19.8. The van der Waals surface area contributed by atoms with Gasteiger partial charge in [0.15, 0.2) is 0 Å². The van der Waals surface area contributed by atoms with Crippen LogP contribution in [0.4, 0.5) is 0 Å². The lowest BCUT2D eigenvalue weighted by molar-refractivity contribution is 0.659. The molecule has 9 rings (SSSR count). The van der Waals surface area contributed by atoms with Crippen molar-refractivity contribution in [3.8, 4) is 33.4 Å². The van der Waals surface area contributed by atoms with E-state index in [4.69, 9.17) is 0 Å². The number of hydrogen-bond acceptors (Lipinski definition) is 1. The van der Waals surface area contributed by atoms with Gasteiger partial charge in [-0.1, -0.05) is 183 Å². The summed E-state index contributed by atoms with van der Waals surface area (Å²) >= 11 is 1.89. The molecule has 264 valence electrons. The van der Waals surface area contributed by atoms with Gasteiger partial charge in [-0.3, -0.25) is 0 Å². The van der Waals surface area contributed by atoms with Crippen LogP contribution in [0, 0.1) is 27.7 Å². The molecular weight excluding hydrogens is 657 g/mol. The Labute approximate surface area is 320 Å². The maximum atomic E-state index is 2.39. The van der Waals surface area contributed by atoms with Crippen molar-refractivity contribution in [1.82, 2.24) is 0 Å². The molecule has 0 aliphatic heterocycles. The van der Waals surface area contributed by atoms with Crippen molar-refractivity contribution in [3.05, 3.63) is 191 Å². The van der Waals surface area contributed by atoms with Gasteiger partial charge in [-0.05, 0) is 102 Å². The Morgan fingerprint density at radius 3 is 1.92 bits per heavy atom. The van der Waals surface area contributed by atoms with Crippen molar-refractivity contribution < 1.29 is 0 Å². The van der Waals surface area contributed by atoms with E-state index in [0.29, 0.717) is 0 Å². The highest BCUT2D eigenvalue weighted by atomic mass is 32.1. The second-order valence-electron chi connectivity index (χ2n) is 15.1. The molecule has 1 heterocycles. The van der Waals surface area contributed by atoms with E-state index in [1.54, 1.807) is 0 Å². The Morgan fingerprint density at radius 1 is 0.491 bits per heavy atom. The standard InChI is InChI=1S/C24H24.C19H14S.C9H12/c1-15-7-6-8-18(12-15)19-9-10-21-20(14-19)23-17(3)11-16(2)13-22(23)24(21,4)5;1-13-9-11-14(12-10-13)15-6-4-7-17-16-5-2-3-8-18(16)20-19(15)17;1-2-6-9-7-4-3-5-8-9/h6-14H,1-5H3;2-12H,1H3;3-5,7-8H,2,6H2,1H3. The summed E-state index contributed by atoms with van der Waals surface area (Å²) < 4.78 is 2.75. The lowest BCUT2D eigenvalue weighted by Gasteiger charge is -2.22.